The molecule has 0 saturated carbocycles. The molecule has 1 aromatic carbocycles. The maximum atomic E-state index is 13.1. The van der Waals surface area contributed by atoms with Crippen LogP contribution in [0.5, 0.6) is 0 Å². The van der Waals surface area contributed by atoms with E-state index in [1.54, 1.807) is 6.07 Å². The zero-order valence-corrected chi connectivity index (χ0v) is 20.1. The number of aryl methyl sites for hydroxylation is 1. The number of nitrogens with zero attached hydrogens (tertiary/aromatic N) is 1. The molecule has 1 fully saturated rings. The summed E-state index contributed by atoms with van der Waals surface area (Å²) in [4.78, 5) is 41.1. The second-order valence-electron chi connectivity index (χ2n) is 8.97. The molecule has 2 N–H and O–H groups in total. The van der Waals surface area contributed by atoms with Crippen LogP contribution in [0.3, 0.4) is 0 Å². The predicted molar refractivity (Wildman–Crippen MR) is 128 cm³/mol. The van der Waals surface area contributed by atoms with Crippen molar-refractivity contribution in [1.29, 1.82) is 0 Å². The molecule has 2 heterocycles. The van der Waals surface area contributed by atoms with Crippen molar-refractivity contribution in [2.45, 2.75) is 52.6 Å². The van der Waals surface area contributed by atoms with Crippen LogP contribution in [0.2, 0.25) is 0 Å². The third-order valence-electron chi connectivity index (χ3n) is 6.28. The predicted octanol–water partition coefficient (Wildman–Crippen LogP) is 3.87. The van der Waals surface area contributed by atoms with Crippen molar-refractivity contribution in [3.63, 3.8) is 0 Å². The van der Waals surface area contributed by atoms with E-state index in [4.69, 9.17) is 0 Å². The minimum atomic E-state index is -0.623. The lowest BCUT2D eigenvalue weighted by Crippen LogP contribution is -2.55. The number of nitrogens with one attached hydrogen (secondary N) is 2. The molecule has 0 radical (unpaired) electrons. The normalized spacial score (nSPS) is 16.5. The van der Waals surface area contributed by atoms with Crippen molar-refractivity contribution in [2.24, 2.45) is 11.8 Å². The fourth-order valence-corrected chi connectivity index (χ4v) is 4.44. The van der Waals surface area contributed by atoms with E-state index in [0.717, 1.165) is 5.56 Å². The average Bonchev–Trinajstić information content (AvgIpc) is 3.32. The summed E-state index contributed by atoms with van der Waals surface area (Å²) in [7, 11) is 0. The first kappa shape index (κ1) is 24.0. The van der Waals surface area contributed by atoms with Crippen LogP contribution in [-0.2, 0) is 4.79 Å². The Labute approximate surface area is 194 Å². The van der Waals surface area contributed by atoms with Crippen LogP contribution in [0.25, 0.3) is 0 Å². The molecule has 0 unspecified atom stereocenters. The first-order valence-corrected chi connectivity index (χ1v) is 12.1. The van der Waals surface area contributed by atoms with Crippen molar-refractivity contribution in [2.75, 3.05) is 13.1 Å². The number of hydrogen-bond acceptors (Lipinski definition) is 4. The minimum Gasteiger partial charge on any atom is -0.352 e. The van der Waals surface area contributed by atoms with E-state index in [2.05, 4.69) is 24.5 Å². The van der Waals surface area contributed by atoms with E-state index in [9.17, 15) is 14.4 Å². The molecule has 2 aromatic rings. The molecule has 0 bridgehead atoms. The van der Waals surface area contributed by atoms with Gasteiger partial charge in [-0.05, 0) is 62.1 Å². The molecule has 1 aliphatic heterocycles. The van der Waals surface area contributed by atoms with Crippen LogP contribution < -0.4 is 10.6 Å². The van der Waals surface area contributed by atoms with Gasteiger partial charge in [-0.2, -0.15) is 0 Å². The SMILES string of the molecule is Cc1ccc(C(=O)N2CCC([C@@H](NC(=O)c3cccs3)C(=O)N[C@@H](C)C(C)C)CC2)cc1. The van der Waals surface area contributed by atoms with Crippen molar-refractivity contribution < 1.29 is 14.4 Å². The monoisotopic (exact) mass is 455 g/mol. The van der Waals surface area contributed by atoms with Crippen LogP contribution in [0.1, 0.15) is 59.2 Å². The quantitative estimate of drug-likeness (QED) is 0.665. The second kappa shape index (κ2) is 10.8. The Hall–Kier alpha value is -2.67. The van der Waals surface area contributed by atoms with Crippen LogP contribution in [0.4, 0.5) is 0 Å². The van der Waals surface area contributed by atoms with Gasteiger partial charge in [-0.15, -0.1) is 11.3 Å². The third kappa shape index (κ3) is 5.97. The van der Waals surface area contributed by atoms with Crippen LogP contribution in [-0.4, -0.2) is 47.8 Å². The molecule has 1 saturated heterocycles. The van der Waals surface area contributed by atoms with E-state index in [0.29, 0.717) is 42.3 Å². The van der Waals surface area contributed by atoms with E-state index >= 15 is 0 Å². The lowest BCUT2D eigenvalue weighted by Gasteiger charge is -2.36. The number of carbonyl (C=O) groups is 3. The summed E-state index contributed by atoms with van der Waals surface area (Å²) >= 11 is 1.36. The fraction of sp³-hybridized carbons (Fsp3) is 0.480. The number of likely N-dealkylation sites (tertiary alicyclic amines) is 1. The average molecular weight is 456 g/mol. The summed E-state index contributed by atoms with van der Waals surface area (Å²) in [5, 5.41) is 7.88. The highest BCUT2D eigenvalue weighted by Gasteiger charge is 2.35. The molecule has 3 amide bonds. The van der Waals surface area contributed by atoms with Gasteiger partial charge in [-0.25, -0.2) is 0 Å². The maximum absolute atomic E-state index is 13.1. The Morgan fingerprint density at radius 1 is 1.00 bits per heavy atom. The minimum absolute atomic E-state index is 0.00634. The first-order chi connectivity index (χ1) is 15.3. The highest BCUT2D eigenvalue weighted by Crippen LogP contribution is 2.24. The first-order valence-electron chi connectivity index (χ1n) is 11.3. The van der Waals surface area contributed by atoms with Gasteiger partial charge in [0.2, 0.25) is 5.91 Å². The maximum Gasteiger partial charge on any atom is 0.262 e. The molecule has 0 spiro atoms. The van der Waals surface area contributed by atoms with Gasteiger partial charge in [0, 0.05) is 24.7 Å². The van der Waals surface area contributed by atoms with E-state index < -0.39 is 6.04 Å². The Kier molecular flexibility index (Phi) is 8.07. The zero-order chi connectivity index (χ0) is 23.3. The number of benzene rings is 1. The van der Waals surface area contributed by atoms with Crippen LogP contribution in [0, 0.1) is 18.8 Å². The molecule has 3 rings (SSSR count). The Morgan fingerprint density at radius 3 is 2.22 bits per heavy atom. The molecule has 6 nitrogen and oxygen atoms in total. The van der Waals surface area contributed by atoms with Gasteiger partial charge in [0.25, 0.3) is 11.8 Å². The largest absolute Gasteiger partial charge is 0.352 e. The van der Waals surface area contributed by atoms with Gasteiger partial charge in [0.15, 0.2) is 0 Å². The van der Waals surface area contributed by atoms with Crippen molar-refractivity contribution in [3.05, 3.63) is 57.8 Å². The van der Waals surface area contributed by atoms with Crippen molar-refractivity contribution >= 4 is 29.1 Å². The third-order valence-corrected chi connectivity index (χ3v) is 7.15. The highest BCUT2D eigenvalue weighted by molar-refractivity contribution is 7.12. The number of amides is 3. The van der Waals surface area contributed by atoms with E-state index in [1.165, 1.54) is 11.3 Å². The number of rotatable bonds is 7. The highest BCUT2D eigenvalue weighted by atomic mass is 32.1. The van der Waals surface area contributed by atoms with Gasteiger partial charge < -0.3 is 15.5 Å². The van der Waals surface area contributed by atoms with Crippen molar-refractivity contribution in [3.8, 4) is 0 Å². The number of hydrogen-bond donors (Lipinski definition) is 2. The van der Waals surface area contributed by atoms with Gasteiger partial charge in [-0.1, -0.05) is 37.6 Å². The molecule has 32 heavy (non-hydrogen) atoms. The standard InChI is InChI=1S/C25H33N3O3S/c1-16(2)18(4)26-24(30)22(27-23(29)21-6-5-15-32-21)19-11-13-28(14-12-19)25(31)20-9-7-17(3)8-10-20/h5-10,15-16,18-19,22H,11-14H2,1-4H3,(H,26,30)(H,27,29)/t18-,22+/m0/s1. The molecule has 1 aromatic heterocycles. The van der Waals surface area contributed by atoms with Gasteiger partial charge >= 0.3 is 0 Å². The molecular formula is C25H33N3O3S. The summed E-state index contributed by atoms with van der Waals surface area (Å²) in [6.07, 6.45) is 1.33. The summed E-state index contributed by atoms with van der Waals surface area (Å²) in [6.45, 7) is 9.21. The van der Waals surface area contributed by atoms with Gasteiger partial charge in [-0.3, -0.25) is 14.4 Å². The molecular weight excluding hydrogens is 422 g/mol. The van der Waals surface area contributed by atoms with Crippen LogP contribution >= 0.6 is 11.3 Å². The molecule has 0 aliphatic carbocycles. The van der Waals surface area contributed by atoms with Crippen molar-refractivity contribution in [1.82, 2.24) is 15.5 Å². The smallest absolute Gasteiger partial charge is 0.262 e. The molecule has 1 aliphatic rings. The summed E-state index contributed by atoms with van der Waals surface area (Å²) in [5.74, 6) is -0.0997. The Balaban J connectivity index is 1.68. The lowest BCUT2D eigenvalue weighted by molar-refractivity contribution is -0.125. The summed E-state index contributed by atoms with van der Waals surface area (Å²) < 4.78 is 0. The van der Waals surface area contributed by atoms with E-state index in [-0.39, 0.29) is 29.7 Å². The zero-order valence-electron chi connectivity index (χ0n) is 19.3. The van der Waals surface area contributed by atoms with E-state index in [1.807, 2.05) is 54.5 Å². The molecule has 172 valence electrons. The number of thiophene rings is 1. The number of piperidine rings is 1. The van der Waals surface area contributed by atoms with Gasteiger partial charge in [0.1, 0.15) is 6.04 Å². The lowest BCUT2D eigenvalue weighted by atomic mass is 9.88. The Morgan fingerprint density at radius 2 is 1.66 bits per heavy atom. The fourth-order valence-electron chi connectivity index (χ4n) is 3.81. The van der Waals surface area contributed by atoms with Gasteiger partial charge in [0.05, 0.1) is 4.88 Å². The summed E-state index contributed by atoms with van der Waals surface area (Å²) in [6, 6.07) is 10.6. The van der Waals surface area contributed by atoms with Crippen LogP contribution in [0.15, 0.2) is 41.8 Å². The molecule has 2 atom stereocenters. The second-order valence-corrected chi connectivity index (χ2v) is 9.91. The topological polar surface area (TPSA) is 78.5 Å². The Bertz CT molecular complexity index is 916. The molecule has 7 heteroatoms. The summed E-state index contributed by atoms with van der Waals surface area (Å²) in [5.41, 5.74) is 1.80. The number of carbonyl (C=O) groups excluding carboxylic acids is 3.